The van der Waals surface area contributed by atoms with E-state index in [0.29, 0.717) is 12.8 Å². The van der Waals surface area contributed by atoms with Crippen LogP contribution in [0.15, 0.2) is 12.1 Å². The van der Waals surface area contributed by atoms with Crippen molar-refractivity contribution < 1.29 is 19.7 Å². The van der Waals surface area contributed by atoms with Gasteiger partial charge in [-0.15, -0.1) is 0 Å². The van der Waals surface area contributed by atoms with Crippen molar-refractivity contribution in [2.45, 2.75) is 24.9 Å². The van der Waals surface area contributed by atoms with Gasteiger partial charge < -0.3 is 15.3 Å². The van der Waals surface area contributed by atoms with E-state index >= 15 is 0 Å². The van der Waals surface area contributed by atoms with Gasteiger partial charge >= 0.3 is 0 Å². The molecular weight excluding hydrogens is 187 g/mol. The van der Waals surface area contributed by atoms with Gasteiger partial charge in [-0.25, -0.2) is 4.39 Å². The number of hydrogen-bond donors (Lipinski definition) is 3. The van der Waals surface area contributed by atoms with Crippen LogP contribution in [0.2, 0.25) is 0 Å². The van der Waals surface area contributed by atoms with Crippen LogP contribution in [0, 0.1) is 5.82 Å². The lowest BCUT2D eigenvalue weighted by atomic mass is 10.1. The summed E-state index contributed by atoms with van der Waals surface area (Å²) in [5.74, 6) is -2.06. The van der Waals surface area contributed by atoms with Crippen molar-refractivity contribution in [3.8, 4) is 11.5 Å². The fourth-order valence-electron chi connectivity index (χ4n) is 1.41. The van der Waals surface area contributed by atoms with E-state index in [1.165, 1.54) is 12.1 Å². The molecule has 0 aromatic heterocycles. The van der Waals surface area contributed by atoms with Gasteiger partial charge in [-0.1, -0.05) is 6.07 Å². The summed E-state index contributed by atoms with van der Waals surface area (Å²) in [6, 6.07) is 2.60. The molecule has 1 aliphatic rings. The van der Waals surface area contributed by atoms with Crippen LogP contribution in [0.3, 0.4) is 0 Å². The molecule has 4 heteroatoms. The Morgan fingerprint density at radius 3 is 2.50 bits per heavy atom. The summed E-state index contributed by atoms with van der Waals surface area (Å²) in [5, 5.41) is 27.6. The van der Waals surface area contributed by atoms with Crippen molar-refractivity contribution in [2.24, 2.45) is 0 Å². The van der Waals surface area contributed by atoms with Gasteiger partial charge in [-0.3, -0.25) is 0 Å². The molecular formula is C10H11FO3. The molecule has 0 heterocycles. The smallest absolute Gasteiger partial charge is 0.194 e. The van der Waals surface area contributed by atoms with Crippen LogP contribution in [-0.4, -0.2) is 20.9 Å². The molecule has 1 aromatic rings. The molecule has 1 fully saturated rings. The highest BCUT2D eigenvalue weighted by molar-refractivity contribution is 5.42. The standard InChI is InChI=1S/C10H11FO3/c11-8-6(5-10(14)3-4-10)1-2-7(12)9(8)13/h1-2,12-14H,3-5H2. The maximum atomic E-state index is 13.3. The van der Waals surface area contributed by atoms with E-state index in [9.17, 15) is 9.50 Å². The first kappa shape index (κ1) is 9.27. The largest absolute Gasteiger partial charge is 0.504 e. The Morgan fingerprint density at radius 2 is 1.93 bits per heavy atom. The second-order valence-corrected chi connectivity index (χ2v) is 3.81. The Bertz CT molecular complexity index is 372. The molecule has 1 aromatic carbocycles. The molecule has 0 atom stereocenters. The Morgan fingerprint density at radius 1 is 1.29 bits per heavy atom. The summed E-state index contributed by atoms with van der Waals surface area (Å²) in [7, 11) is 0. The van der Waals surface area contributed by atoms with Crippen LogP contribution < -0.4 is 0 Å². The highest BCUT2D eigenvalue weighted by Crippen LogP contribution is 2.40. The average molecular weight is 198 g/mol. The minimum absolute atomic E-state index is 0.187. The minimum Gasteiger partial charge on any atom is -0.504 e. The van der Waals surface area contributed by atoms with Crippen molar-refractivity contribution in [2.75, 3.05) is 0 Å². The third-order valence-corrected chi connectivity index (χ3v) is 2.52. The third-order valence-electron chi connectivity index (χ3n) is 2.52. The third kappa shape index (κ3) is 1.53. The molecule has 0 saturated heterocycles. The van der Waals surface area contributed by atoms with Gasteiger partial charge in [0.15, 0.2) is 17.3 Å². The fraction of sp³-hybridized carbons (Fsp3) is 0.400. The average Bonchev–Trinajstić information content (AvgIpc) is 2.86. The van der Waals surface area contributed by atoms with Gasteiger partial charge in [0, 0.05) is 6.42 Å². The number of rotatable bonds is 2. The van der Waals surface area contributed by atoms with E-state index < -0.39 is 22.9 Å². The first-order valence-corrected chi connectivity index (χ1v) is 4.43. The number of aromatic hydroxyl groups is 2. The maximum Gasteiger partial charge on any atom is 0.194 e. The maximum absolute atomic E-state index is 13.3. The molecule has 3 N–H and O–H groups in total. The summed E-state index contributed by atoms with van der Waals surface area (Å²) in [5.41, 5.74) is -0.565. The summed E-state index contributed by atoms with van der Waals surface area (Å²) < 4.78 is 13.3. The zero-order valence-electron chi connectivity index (χ0n) is 7.50. The van der Waals surface area contributed by atoms with Crippen molar-refractivity contribution >= 4 is 0 Å². The lowest BCUT2D eigenvalue weighted by Crippen LogP contribution is -2.11. The highest BCUT2D eigenvalue weighted by atomic mass is 19.1. The van der Waals surface area contributed by atoms with Crippen LogP contribution >= 0.6 is 0 Å². The van der Waals surface area contributed by atoms with Crippen LogP contribution in [0.5, 0.6) is 11.5 Å². The van der Waals surface area contributed by atoms with E-state index in [1.54, 1.807) is 0 Å². The SMILES string of the molecule is Oc1ccc(CC2(O)CC2)c(F)c1O. The quantitative estimate of drug-likeness (QED) is 0.628. The predicted molar refractivity (Wildman–Crippen MR) is 47.6 cm³/mol. The molecule has 14 heavy (non-hydrogen) atoms. The summed E-state index contributed by atoms with van der Waals surface area (Å²) >= 11 is 0. The number of hydrogen-bond acceptors (Lipinski definition) is 3. The summed E-state index contributed by atoms with van der Waals surface area (Å²) in [6.45, 7) is 0. The molecule has 3 nitrogen and oxygen atoms in total. The van der Waals surface area contributed by atoms with Crippen LogP contribution in [-0.2, 0) is 6.42 Å². The molecule has 0 unspecified atom stereocenters. The van der Waals surface area contributed by atoms with Gasteiger partial charge in [0.2, 0.25) is 0 Å². The zero-order valence-corrected chi connectivity index (χ0v) is 7.50. The molecule has 0 amide bonds. The summed E-state index contributed by atoms with van der Waals surface area (Å²) in [4.78, 5) is 0. The molecule has 0 spiro atoms. The topological polar surface area (TPSA) is 60.7 Å². The summed E-state index contributed by atoms with van der Waals surface area (Å²) in [6.07, 6.45) is 1.51. The van der Waals surface area contributed by atoms with Crippen LogP contribution in [0.25, 0.3) is 0 Å². The van der Waals surface area contributed by atoms with E-state index in [2.05, 4.69) is 0 Å². The van der Waals surface area contributed by atoms with Gasteiger partial charge in [-0.2, -0.15) is 0 Å². The second kappa shape index (κ2) is 2.85. The molecule has 1 saturated carbocycles. The molecule has 2 rings (SSSR count). The Labute approximate surface area is 80.4 Å². The first-order chi connectivity index (χ1) is 6.52. The van der Waals surface area contributed by atoms with Crippen LogP contribution in [0.1, 0.15) is 18.4 Å². The number of aliphatic hydroxyl groups is 1. The van der Waals surface area contributed by atoms with Gasteiger partial charge in [0.25, 0.3) is 0 Å². The number of benzene rings is 1. The van der Waals surface area contributed by atoms with Crippen molar-refractivity contribution in [1.29, 1.82) is 0 Å². The normalized spacial score (nSPS) is 18.1. The van der Waals surface area contributed by atoms with Crippen molar-refractivity contribution in [1.82, 2.24) is 0 Å². The number of phenolic OH excluding ortho intramolecular Hbond substituents is 2. The lowest BCUT2D eigenvalue weighted by molar-refractivity contribution is 0.149. The van der Waals surface area contributed by atoms with E-state index in [0.717, 1.165) is 0 Å². The van der Waals surface area contributed by atoms with E-state index in [4.69, 9.17) is 10.2 Å². The Kier molecular flexibility index (Phi) is 1.89. The number of halogens is 1. The lowest BCUT2D eigenvalue weighted by Gasteiger charge is -2.09. The number of phenols is 2. The van der Waals surface area contributed by atoms with Gasteiger partial charge in [-0.05, 0) is 24.5 Å². The second-order valence-electron chi connectivity index (χ2n) is 3.81. The van der Waals surface area contributed by atoms with E-state index in [1.807, 2.05) is 0 Å². The molecule has 0 bridgehead atoms. The Hall–Kier alpha value is -1.29. The van der Waals surface area contributed by atoms with Crippen molar-refractivity contribution in [3.63, 3.8) is 0 Å². The molecule has 76 valence electrons. The van der Waals surface area contributed by atoms with E-state index in [-0.39, 0.29) is 12.0 Å². The molecule has 1 aliphatic carbocycles. The highest BCUT2D eigenvalue weighted by Gasteiger charge is 2.41. The predicted octanol–water partition coefficient (Wildman–Crippen LogP) is 1.30. The van der Waals surface area contributed by atoms with Gasteiger partial charge in [0.05, 0.1) is 5.60 Å². The first-order valence-electron chi connectivity index (χ1n) is 4.43. The van der Waals surface area contributed by atoms with Gasteiger partial charge in [0.1, 0.15) is 0 Å². The van der Waals surface area contributed by atoms with Crippen molar-refractivity contribution in [3.05, 3.63) is 23.5 Å². The molecule has 0 aliphatic heterocycles. The van der Waals surface area contributed by atoms with Crippen LogP contribution in [0.4, 0.5) is 4.39 Å². The molecule has 0 radical (unpaired) electrons. The zero-order chi connectivity index (χ0) is 10.3. The monoisotopic (exact) mass is 198 g/mol. The minimum atomic E-state index is -0.842. The Balaban J connectivity index is 2.30. The fourth-order valence-corrected chi connectivity index (χ4v) is 1.41.